The van der Waals surface area contributed by atoms with Gasteiger partial charge >= 0.3 is 0 Å². The third-order valence-corrected chi connectivity index (χ3v) is 12.6. The molecular formula is C59H50BN3. The summed E-state index contributed by atoms with van der Waals surface area (Å²) in [5.74, 6) is 0. The fourth-order valence-corrected chi connectivity index (χ4v) is 9.41. The van der Waals surface area contributed by atoms with Crippen LogP contribution >= 0.6 is 0 Å². The van der Waals surface area contributed by atoms with Gasteiger partial charge in [0.25, 0.3) is 6.71 Å². The Morgan fingerprint density at radius 1 is 0.492 bits per heavy atom. The molecule has 0 amide bonds. The first kappa shape index (κ1) is 39.6. The zero-order valence-corrected chi connectivity index (χ0v) is 36.7. The van der Waals surface area contributed by atoms with Gasteiger partial charge in [0.05, 0.1) is 5.69 Å². The van der Waals surface area contributed by atoms with Crippen molar-refractivity contribution in [1.82, 2.24) is 0 Å². The van der Waals surface area contributed by atoms with Crippen LogP contribution in [-0.2, 0) is 0 Å². The Morgan fingerprint density at radius 2 is 1.00 bits per heavy atom. The average Bonchev–Trinajstić information content (AvgIpc) is 3.30. The van der Waals surface area contributed by atoms with Crippen LogP contribution in [0.1, 0.15) is 34.7 Å². The van der Waals surface area contributed by atoms with Gasteiger partial charge in [-0.05, 0) is 140 Å². The van der Waals surface area contributed by atoms with Gasteiger partial charge in [-0.15, -0.1) is 0 Å². The van der Waals surface area contributed by atoms with Crippen molar-refractivity contribution in [3.05, 3.63) is 240 Å². The van der Waals surface area contributed by atoms with Gasteiger partial charge in [0.1, 0.15) is 0 Å². The predicted octanol–water partition coefficient (Wildman–Crippen LogP) is 14.0. The van der Waals surface area contributed by atoms with Crippen molar-refractivity contribution in [2.75, 3.05) is 14.7 Å². The van der Waals surface area contributed by atoms with Gasteiger partial charge in [-0.1, -0.05) is 162 Å². The van der Waals surface area contributed by atoms with E-state index in [0.29, 0.717) is 0 Å². The summed E-state index contributed by atoms with van der Waals surface area (Å²) in [7, 11) is 0. The normalized spacial score (nSPS) is 12.8. The molecule has 2 aliphatic heterocycles. The van der Waals surface area contributed by atoms with Crippen LogP contribution in [0.3, 0.4) is 0 Å². The number of hydrogen-bond acceptors (Lipinski definition) is 3. The van der Waals surface area contributed by atoms with Gasteiger partial charge < -0.3 is 14.7 Å². The van der Waals surface area contributed by atoms with Crippen LogP contribution in [0, 0.1) is 27.7 Å². The number of allylic oxidation sites excluding steroid dienone is 4. The van der Waals surface area contributed by atoms with E-state index in [1.165, 1.54) is 66.7 Å². The third kappa shape index (κ3) is 7.38. The molecule has 0 fully saturated rings. The highest BCUT2D eigenvalue weighted by Gasteiger charge is 2.44. The highest BCUT2D eigenvalue weighted by Crippen LogP contribution is 2.47. The maximum atomic E-state index is 4.82. The smallest absolute Gasteiger partial charge is 0.252 e. The van der Waals surface area contributed by atoms with Crippen molar-refractivity contribution in [2.24, 2.45) is 0 Å². The lowest BCUT2D eigenvalue weighted by atomic mass is 9.33. The molecule has 3 nitrogen and oxygen atoms in total. The quantitative estimate of drug-likeness (QED) is 0.106. The molecule has 0 saturated heterocycles. The Bertz CT molecular complexity index is 2950. The Morgan fingerprint density at radius 3 is 1.56 bits per heavy atom. The van der Waals surface area contributed by atoms with E-state index in [4.69, 9.17) is 6.58 Å². The molecule has 0 aliphatic carbocycles. The Kier molecular flexibility index (Phi) is 10.3. The maximum absolute atomic E-state index is 4.82. The zero-order valence-electron chi connectivity index (χ0n) is 36.7. The van der Waals surface area contributed by atoms with Crippen LogP contribution in [0.4, 0.5) is 45.5 Å². The van der Waals surface area contributed by atoms with E-state index in [1.807, 2.05) is 0 Å². The summed E-state index contributed by atoms with van der Waals surface area (Å²) < 4.78 is 0. The van der Waals surface area contributed by atoms with Gasteiger partial charge in [0, 0.05) is 45.5 Å². The summed E-state index contributed by atoms with van der Waals surface area (Å²) in [5.41, 5.74) is 23.4. The fourth-order valence-electron chi connectivity index (χ4n) is 9.41. The minimum absolute atomic E-state index is 0.0151. The van der Waals surface area contributed by atoms with Gasteiger partial charge in [-0.3, -0.25) is 0 Å². The number of aryl methyl sites for hydroxylation is 4. The molecular weight excluding hydrogens is 761 g/mol. The summed E-state index contributed by atoms with van der Waals surface area (Å²) in [6.07, 6.45) is 6.45. The number of rotatable bonds is 9. The molecule has 2 heterocycles. The van der Waals surface area contributed by atoms with Crippen molar-refractivity contribution >= 4 is 74.2 Å². The standard InChI is InChI=1S/C59H50BN3/c1-40-23-29-49(30-24-40)62-55-33-27-42(3)35-53(55)60-54-36-43(4)28-34-56(54)63(50-31-25-41(2)26-32-50)58-39-52(38-57(62)59(58)60)61(45(6)16-13-15-44(5)46-17-9-7-10-18-46)51-22-14-21-48(37-51)47-19-11-8-12-20-47/h7-39H,6H2,1-5H3/b16-13-,44-15+. The molecule has 0 saturated carbocycles. The summed E-state index contributed by atoms with van der Waals surface area (Å²) in [6.45, 7) is 15.7. The van der Waals surface area contributed by atoms with E-state index in [-0.39, 0.29) is 6.71 Å². The molecule has 63 heavy (non-hydrogen) atoms. The second-order valence-corrected chi connectivity index (χ2v) is 17.1. The first-order valence-electron chi connectivity index (χ1n) is 21.9. The lowest BCUT2D eigenvalue weighted by Gasteiger charge is -2.45. The molecule has 10 rings (SSSR count). The Labute approximate surface area is 373 Å². The van der Waals surface area contributed by atoms with Crippen LogP contribution in [0.2, 0.25) is 0 Å². The van der Waals surface area contributed by atoms with Gasteiger partial charge in [-0.25, -0.2) is 0 Å². The highest BCUT2D eigenvalue weighted by molar-refractivity contribution is 7.00. The van der Waals surface area contributed by atoms with E-state index in [2.05, 4.69) is 250 Å². The van der Waals surface area contributed by atoms with Crippen LogP contribution in [0.25, 0.3) is 16.7 Å². The summed E-state index contributed by atoms with van der Waals surface area (Å²) in [5, 5.41) is 0. The molecule has 0 aromatic heterocycles. The molecule has 2 aliphatic rings. The van der Waals surface area contributed by atoms with E-state index < -0.39 is 0 Å². The third-order valence-electron chi connectivity index (χ3n) is 12.6. The minimum atomic E-state index is 0.0151. The molecule has 0 N–H and O–H groups in total. The molecule has 304 valence electrons. The SMILES string of the molecule is C=C(/C=C\C=C(/C)c1ccccc1)N(c1cccc(-c2ccccc2)c1)c1cc2c3c(c1)N(c1ccc(C)cc1)c1ccc(C)cc1B3c1cc(C)ccc1N2c1ccc(C)cc1. The monoisotopic (exact) mass is 811 g/mol. The second kappa shape index (κ2) is 16.4. The molecule has 0 atom stereocenters. The number of hydrogen-bond donors (Lipinski definition) is 0. The number of nitrogens with zero attached hydrogens (tertiary/aromatic N) is 3. The van der Waals surface area contributed by atoms with Gasteiger partial charge in [0.2, 0.25) is 0 Å². The predicted molar refractivity (Wildman–Crippen MR) is 272 cm³/mol. The topological polar surface area (TPSA) is 9.72 Å². The largest absolute Gasteiger partial charge is 0.311 e. The highest BCUT2D eigenvalue weighted by atomic mass is 15.2. The molecule has 0 radical (unpaired) electrons. The number of benzene rings is 8. The van der Waals surface area contributed by atoms with E-state index in [1.54, 1.807) is 0 Å². The molecule has 8 aromatic rings. The van der Waals surface area contributed by atoms with Crippen molar-refractivity contribution in [3.8, 4) is 11.1 Å². The maximum Gasteiger partial charge on any atom is 0.252 e. The summed E-state index contributed by atoms with van der Waals surface area (Å²) >= 11 is 0. The van der Waals surface area contributed by atoms with Crippen LogP contribution in [-0.4, -0.2) is 6.71 Å². The summed E-state index contributed by atoms with van der Waals surface area (Å²) in [4.78, 5) is 7.31. The Balaban J connectivity index is 1.26. The summed E-state index contributed by atoms with van der Waals surface area (Å²) in [6, 6.07) is 66.8. The molecule has 0 bridgehead atoms. The van der Waals surface area contributed by atoms with E-state index in [0.717, 1.165) is 45.4 Å². The van der Waals surface area contributed by atoms with Crippen LogP contribution in [0.5, 0.6) is 0 Å². The minimum Gasteiger partial charge on any atom is -0.311 e. The molecule has 0 unspecified atom stereocenters. The van der Waals surface area contributed by atoms with Crippen molar-refractivity contribution in [1.29, 1.82) is 0 Å². The lowest BCUT2D eigenvalue weighted by Crippen LogP contribution is -2.61. The van der Waals surface area contributed by atoms with Crippen LogP contribution in [0.15, 0.2) is 212 Å². The Hall–Kier alpha value is -7.56. The number of fused-ring (bicyclic) bond motifs is 4. The molecule has 0 spiro atoms. The van der Waals surface area contributed by atoms with E-state index >= 15 is 0 Å². The fraction of sp³-hybridized carbons (Fsp3) is 0.0847. The second-order valence-electron chi connectivity index (χ2n) is 17.1. The first-order valence-corrected chi connectivity index (χ1v) is 21.9. The lowest BCUT2D eigenvalue weighted by molar-refractivity contribution is 1.19. The number of anilines is 8. The van der Waals surface area contributed by atoms with Crippen molar-refractivity contribution in [2.45, 2.75) is 34.6 Å². The van der Waals surface area contributed by atoms with Crippen molar-refractivity contribution < 1.29 is 0 Å². The zero-order chi connectivity index (χ0) is 43.2. The van der Waals surface area contributed by atoms with E-state index in [9.17, 15) is 0 Å². The molecule has 8 aromatic carbocycles. The van der Waals surface area contributed by atoms with Gasteiger partial charge in [0.15, 0.2) is 0 Å². The van der Waals surface area contributed by atoms with Crippen molar-refractivity contribution in [3.63, 3.8) is 0 Å². The molecule has 4 heteroatoms. The van der Waals surface area contributed by atoms with Gasteiger partial charge in [-0.2, -0.15) is 0 Å². The van der Waals surface area contributed by atoms with Crippen LogP contribution < -0.4 is 31.1 Å². The average molecular weight is 812 g/mol. The first-order chi connectivity index (χ1) is 30.7.